The third kappa shape index (κ3) is 6.50. The number of aromatic nitrogens is 3. The second-order valence-corrected chi connectivity index (χ2v) is 11.2. The molecule has 1 N–H and O–H groups in total. The van der Waals surface area contributed by atoms with Crippen molar-refractivity contribution in [2.75, 3.05) is 45.7 Å². The van der Waals surface area contributed by atoms with Crippen LogP contribution in [0.1, 0.15) is 33.6 Å². The zero-order valence-corrected chi connectivity index (χ0v) is 26.3. The van der Waals surface area contributed by atoms with Gasteiger partial charge < -0.3 is 19.7 Å². The van der Waals surface area contributed by atoms with Crippen LogP contribution in [0.3, 0.4) is 0 Å². The molecule has 4 rings (SSSR count). The number of methoxy groups -OCH3 is 2. The quantitative estimate of drug-likeness (QED) is 0.297. The predicted octanol–water partition coefficient (Wildman–Crippen LogP) is 5.10. The van der Waals surface area contributed by atoms with Crippen LogP contribution < -0.4 is 20.3 Å². The summed E-state index contributed by atoms with van der Waals surface area (Å²) in [7, 11) is 2.98. The average molecular weight is 618 g/mol. The smallest absolute Gasteiger partial charge is 0.260 e. The van der Waals surface area contributed by atoms with Crippen LogP contribution in [0, 0.1) is 0 Å². The van der Waals surface area contributed by atoms with Gasteiger partial charge in [0.15, 0.2) is 0 Å². The second kappa shape index (κ2) is 13.8. The number of hydrogen-bond acceptors (Lipinski definition) is 8. The van der Waals surface area contributed by atoms with Crippen LogP contribution in [0.5, 0.6) is 11.5 Å². The highest BCUT2D eigenvalue weighted by molar-refractivity contribution is 6.41. The van der Waals surface area contributed by atoms with Crippen LogP contribution in [0.2, 0.25) is 10.0 Å². The fourth-order valence-electron chi connectivity index (χ4n) is 5.40. The molecule has 0 atom stereocenters. The molecule has 1 aliphatic heterocycles. The predicted molar refractivity (Wildman–Crippen MR) is 168 cm³/mol. The van der Waals surface area contributed by atoms with E-state index in [0.717, 1.165) is 19.4 Å². The number of carbonyl (C=O) groups excluding carboxylic acids is 1. The van der Waals surface area contributed by atoms with Crippen LogP contribution >= 0.6 is 23.2 Å². The normalized spacial score (nSPS) is 14.1. The van der Waals surface area contributed by atoms with Crippen LogP contribution in [0.15, 0.2) is 35.8 Å². The molecular formula is C30H38Cl2N6O4. The van der Waals surface area contributed by atoms with Crippen molar-refractivity contribution in [1.82, 2.24) is 24.3 Å². The minimum atomic E-state index is -0.293. The zero-order chi connectivity index (χ0) is 30.6. The summed E-state index contributed by atoms with van der Waals surface area (Å²) in [5.74, 6) is 1.07. The van der Waals surface area contributed by atoms with E-state index in [1.807, 2.05) is 18.7 Å². The van der Waals surface area contributed by atoms with Gasteiger partial charge in [-0.1, -0.05) is 36.7 Å². The highest BCUT2D eigenvalue weighted by Gasteiger charge is 2.27. The number of likely N-dealkylation sites (tertiary alicyclic amines) is 1. The van der Waals surface area contributed by atoms with E-state index in [4.69, 9.17) is 37.7 Å². The number of rotatable bonds is 11. The number of fused-ring (bicyclic) bond motifs is 1. The van der Waals surface area contributed by atoms with E-state index in [1.165, 1.54) is 20.3 Å². The highest BCUT2D eigenvalue weighted by atomic mass is 35.5. The average Bonchev–Trinajstić information content (AvgIpc) is 2.98. The number of nitrogens with one attached hydrogen (secondary N) is 1. The first-order valence-corrected chi connectivity index (χ1v) is 14.8. The van der Waals surface area contributed by atoms with Crippen molar-refractivity contribution in [3.8, 4) is 22.6 Å². The molecule has 1 fully saturated rings. The van der Waals surface area contributed by atoms with Gasteiger partial charge in [-0.25, -0.2) is 4.98 Å². The summed E-state index contributed by atoms with van der Waals surface area (Å²) in [6.07, 6.45) is 4.75. The molecule has 3 aromatic rings. The van der Waals surface area contributed by atoms with Crippen LogP contribution in [0.4, 0.5) is 5.95 Å². The van der Waals surface area contributed by atoms with Crippen molar-refractivity contribution >= 4 is 46.1 Å². The maximum Gasteiger partial charge on any atom is 0.260 e. The van der Waals surface area contributed by atoms with Gasteiger partial charge in [0.1, 0.15) is 17.1 Å². The minimum Gasteiger partial charge on any atom is -0.495 e. The largest absolute Gasteiger partial charge is 0.495 e. The Hall–Kier alpha value is -3.34. The topological polar surface area (TPSA) is 102 Å². The first kappa shape index (κ1) is 31.6. The van der Waals surface area contributed by atoms with Crippen LogP contribution in [-0.2, 0) is 11.3 Å². The third-order valence-electron chi connectivity index (χ3n) is 7.57. The van der Waals surface area contributed by atoms with Crippen molar-refractivity contribution in [3.63, 3.8) is 0 Å². The Morgan fingerprint density at radius 3 is 2.38 bits per heavy atom. The summed E-state index contributed by atoms with van der Waals surface area (Å²) in [4.78, 5) is 39.7. The number of piperidine rings is 1. The van der Waals surface area contributed by atoms with Gasteiger partial charge in [-0.05, 0) is 45.4 Å². The lowest BCUT2D eigenvalue weighted by atomic mass is 10.0. The fourth-order valence-corrected chi connectivity index (χ4v) is 6.11. The maximum atomic E-state index is 14.3. The number of nitrogens with zero attached hydrogens (tertiary/aromatic N) is 5. The third-order valence-corrected chi connectivity index (χ3v) is 8.32. The van der Waals surface area contributed by atoms with Gasteiger partial charge in [0.2, 0.25) is 11.9 Å². The van der Waals surface area contributed by atoms with Gasteiger partial charge in [-0.3, -0.25) is 19.1 Å². The molecule has 12 heteroatoms. The second-order valence-electron chi connectivity index (χ2n) is 10.5. The molecule has 1 saturated heterocycles. The van der Waals surface area contributed by atoms with E-state index >= 15 is 0 Å². The lowest BCUT2D eigenvalue weighted by Crippen LogP contribution is -2.47. The van der Waals surface area contributed by atoms with Crippen LogP contribution in [0.25, 0.3) is 22.2 Å². The SMILES string of the molecule is C=CC(=O)N1CCC(N(CC)CCn2c(=O)c(-c3c(Cl)c(OC)cc(OC)c3Cl)cc3cnc(NC(C)C)nc32)CC1. The molecule has 0 radical (unpaired) electrons. The number of ether oxygens (including phenoxy) is 2. The molecule has 0 spiro atoms. The molecule has 42 heavy (non-hydrogen) atoms. The first-order valence-electron chi connectivity index (χ1n) is 14.1. The van der Waals surface area contributed by atoms with E-state index in [-0.39, 0.29) is 33.6 Å². The molecule has 10 nitrogen and oxygen atoms in total. The summed E-state index contributed by atoms with van der Waals surface area (Å²) in [6.45, 7) is 12.8. The Morgan fingerprint density at radius 2 is 1.83 bits per heavy atom. The molecule has 0 saturated carbocycles. The minimum absolute atomic E-state index is 0.0386. The molecule has 1 aromatic carbocycles. The lowest BCUT2D eigenvalue weighted by Gasteiger charge is -2.38. The molecular weight excluding hydrogens is 579 g/mol. The molecule has 1 aliphatic rings. The molecule has 1 amide bonds. The fraction of sp³-hybridized carbons (Fsp3) is 0.467. The number of benzene rings is 1. The number of carbonyl (C=O) groups is 1. The van der Waals surface area contributed by atoms with Gasteiger partial charge in [0.05, 0.1) is 29.8 Å². The number of likely N-dealkylation sites (N-methyl/N-ethyl adjacent to an activating group) is 1. The van der Waals surface area contributed by atoms with E-state index in [2.05, 4.69) is 28.7 Å². The Labute approximate surface area is 256 Å². The van der Waals surface area contributed by atoms with Gasteiger partial charge in [-0.15, -0.1) is 0 Å². The van der Waals surface area contributed by atoms with Gasteiger partial charge >= 0.3 is 0 Å². The molecule has 0 aliphatic carbocycles. The molecule has 0 bridgehead atoms. The monoisotopic (exact) mass is 616 g/mol. The Bertz CT molecular complexity index is 1490. The van der Waals surface area contributed by atoms with Crippen molar-refractivity contribution in [2.24, 2.45) is 0 Å². The molecule has 0 unspecified atom stereocenters. The van der Waals surface area contributed by atoms with E-state index in [1.54, 1.807) is 22.9 Å². The van der Waals surface area contributed by atoms with E-state index in [0.29, 0.717) is 65.8 Å². The number of hydrogen-bond donors (Lipinski definition) is 1. The molecule has 226 valence electrons. The first-order chi connectivity index (χ1) is 20.1. The standard InChI is InChI=1S/C30H38Cl2N6O4/c1-7-24(39)37-11-9-20(10-12-37)36(8-2)13-14-38-28-19(17-33-30(35-28)34-18(3)4)15-21(29(38)40)25-26(31)22(41-5)16-23(42-6)27(25)32/h7,15-18,20H,1,8-14H2,2-6H3,(H,33,34,35). The number of amides is 1. The zero-order valence-electron chi connectivity index (χ0n) is 24.7. The van der Waals surface area contributed by atoms with Gasteiger partial charge in [0, 0.05) is 61.5 Å². The van der Waals surface area contributed by atoms with Gasteiger partial charge in [-0.2, -0.15) is 4.98 Å². The van der Waals surface area contributed by atoms with Crippen molar-refractivity contribution in [2.45, 2.75) is 52.2 Å². The van der Waals surface area contributed by atoms with Crippen molar-refractivity contribution in [1.29, 1.82) is 0 Å². The summed E-state index contributed by atoms with van der Waals surface area (Å²) < 4.78 is 12.6. The number of anilines is 1. The van der Waals surface area contributed by atoms with E-state index < -0.39 is 0 Å². The number of pyridine rings is 1. The molecule has 3 heterocycles. The summed E-state index contributed by atoms with van der Waals surface area (Å²) >= 11 is 13.5. The Morgan fingerprint density at radius 1 is 1.19 bits per heavy atom. The summed E-state index contributed by atoms with van der Waals surface area (Å²) in [6, 6.07) is 3.70. The Kier molecular flexibility index (Phi) is 10.3. The van der Waals surface area contributed by atoms with Crippen molar-refractivity contribution in [3.05, 3.63) is 51.4 Å². The lowest BCUT2D eigenvalue weighted by molar-refractivity contribution is -0.127. The maximum absolute atomic E-state index is 14.3. The Balaban J connectivity index is 1.78. The summed E-state index contributed by atoms with van der Waals surface area (Å²) in [5, 5.41) is 4.30. The van der Waals surface area contributed by atoms with Crippen molar-refractivity contribution < 1.29 is 14.3 Å². The summed E-state index contributed by atoms with van der Waals surface area (Å²) in [5.41, 5.74) is 0.832. The number of halogens is 2. The molecule has 2 aromatic heterocycles. The van der Waals surface area contributed by atoms with Crippen LogP contribution in [-0.4, -0.2) is 82.7 Å². The van der Waals surface area contributed by atoms with Gasteiger partial charge in [0.25, 0.3) is 5.56 Å². The highest BCUT2D eigenvalue weighted by Crippen LogP contribution is 2.45. The van der Waals surface area contributed by atoms with E-state index in [9.17, 15) is 9.59 Å².